The zero-order chi connectivity index (χ0) is 13.2. The molecule has 1 saturated heterocycles. The summed E-state index contributed by atoms with van der Waals surface area (Å²) in [5.41, 5.74) is 3.15. The Morgan fingerprint density at radius 3 is 2.95 bits per heavy atom. The van der Waals surface area contributed by atoms with Crippen LogP contribution in [0.25, 0.3) is 11.4 Å². The lowest BCUT2D eigenvalue weighted by molar-refractivity contribution is 0.453. The lowest BCUT2D eigenvalue weighted by Crippen LogP contribution is -2.29. The van der Waals surface area contributed by atoms with E-state index in [0.717, 1.165) is 36.0 Å². The van der Waals surface area contributed by atoms with Gasteiger partial charge in [-0.25, -0.2) is 9.97 Å². The Morgan fingerprint density at radius 1 is 1.37 bits per heavy atom. The monoisotopic (exact) mass is 257 g/mol. The average Bonchev–Trinajstić information content (AvgIpc) is 2.85. The second-order valence-electron chi connectivity index (χ2n) is 5.11. The number of rotatable bonds is 2. The predicted octanol–water partition coefficient (Wildman–Crippen LogP) is 1.65. The van der Waals surface area contributed by atoms with Crippen molar-refractivity contribution in [2.45, 2.75) is 25.7 Å². The maximum atomic E-state index is 4.62. The van der Waals surface area contributed by atoms with Crippen LogP contribution >= 0.6 is 0 Å². The molecule has 0 saturated carbocycles. The molecule has 0 spiro atoms. The lowest BCUT2D eigenvalue weighted by atomic mass is 9.95. The van der Waals surface area contributed by atoms with Gasteiger partial charge < -0.3 is 5.32 Å². The minimum atomic E-state index is 0.502. The fraction of sp³-hybridized carbons (Fsp3) is 0.500. The molecule has 0 aliphatic carbocycles. The number of piperidine rings is 1. The van der Waals surface area contributed by atoms with E-state index in [2.05, 4.69) is 26.4 Å². The third-order valence-electron chi connectivity index (χ3n) is 3.66. The van der Waals surface area contributed by atoms with E-state index in [1.165, 1.54) is 12.8 Å². The van der Waals surface area contributed by atoms with Crippen molar-refractivity contribution in [2.75, 3.05) is 13.1 Å². The SMILES string of the molecule is Cc1nc(-c2ccnn2C)cc(C2CCCNC2)n1. The van der Waals surface area contributed by atoms with E-state index >= 15 is 0 Å². The number of aromatic nitrogens is 4. The van der Waals surface area contributed by atoms with Gasteiger partial charge in [0.1, 0.15) is 5.82 Å². The van der Waals surface area contributed by atoms with Crippen molar-refractivity contribution in [3.8, 4) is 11.4 Å². The smallest absolute Gasteiger partial charge is 0.126 e. The van der Waals surface area contributed by atoms with Gasteiger partial charge in [0.25, 0.3) is 0 Å². The van der Waals surface area contributed by atoms with Crippen LogP contribution in [0.2, 0.25) is 0 Å². The quantitative estimate of drug-likeness (QED) is 0.889. The van der Waals surface area contributed by atoms with Crippen molar-refractivity contribution in [1.82, 2.24) is 25.1 Å². The largest absolute Gasteiger partial charge is 0.316 e. The molecule has 1 aliphatic rings. The van der Waals surface area contributed by atoms with Gasteiger partial charge in [0.15, 0.2) is 0 Å². The standard InChI is InChI=1S/C14H19N5/c1-10-17-12(11-4-3-6-15-9-11)8-13(18-10)14-5-7-16-19(14)2/h5,7-8,11,15H,3-4,6,9H2,1-2H3. The van der Waals surface area contributed by atoms with Crippen LogP contribution in [-0.2, 0) is 7.05 Å². The predicted molar refractivity (Wildman–Crippen MR) is 73.8 cm³/mol. The molecule has 5 heteroatoms. The minimum absolute atomic E-state index is 0.502. The molecule has 1 fully saturated rings. The summed E-state index contributed by atoms with van der Waals surface area (Å²) in [7, 11) is 1.94. The van der Waals surface area contributed by atoms with E-state index in [1.807, 2.05) is 24.7 Å². The summed E-state index contributed by atoms with van der Waals surface area (Å²) in [4.78, 5) is 9.16. The summed E-state index contributed by atoms with van der Waals surface area (Å²) in [5.74, 6) is 1.33. The van der Waals surface area contributed by atoms with E-state index in [0.29, 0.717) is 5.92 Å². The first-order chi connectivity index (χ1) is 9.24. The average molecular weight is 257 g/mol. The molecular weight excluding hydrogens is 238 g/mol. The molecule has 3 rings (SSSR count). The Kier molecular flexibility index (Phi) is 3.29. The molecular formula is C14H19N5. The second kappa shape index (κ2) is 5.09. The van der Waals surface area contributed by atoms with Crippen molar-refractivity contribution in [3.05, 3.63) is 29.8 Å². The third-order valence-corrected chi connectivity index (χ3v) is 3.66. The fourth-order valence-electron chi connectivity index (χ4n) is 2.66. The maximum absolute atomic E-state index is 4.62. The van der Waals surface area contributed by atoms with Crippen molar-refractivity contribution >= 4 is 0 Å². The van der Waals surface area contributed by atoms with E-state index in [9.17, 15) is 0 Å². The molecule has 0 aromatic carbocycles. The number of hydrogen-bond donors (Lipinski definition) is 1. The van der Waals surface area contributed by atoms with E-state index in [-0.39, 0.29) is 0 Å². The van der Waals surface area contributed by atoms with E-state index in [4.69, 9.17) is 0 Å². The first-order valence-corrected chi connectivity index (χ1v) is 6.79. The second-order valence-corrected chi connectivity index (χ2v) is 5.11. The van der Waals surface area contributed by atoms with Crippen molar-refractivity contribution in [1.29, 1.82) is 0 Å². The van der Waals surface area contributed by atoms with Crippen LogP contribution in [0.5, 0.6) is 0 Å². The number of nitrogens with zero attached hydrogens (tertiary/aromatic N) is 4. The lowest BCUT2D eigenvalue weighted by Gasteiger charge is -2.22. The third kappa shape index (κ3) is 2.51. The summed E-state index contributed by atoms with van der Waals surface area (Å²) in [5, 5.41) is 7.65. The minimum Gasteiger partial charge on any atom is -0.316 e. The molecule has 1 N–H and O–H groups in total. The molecule has 0 amide bonds. The van der Waals surface area contributed by atoms with Crippen molar-refractivity contribution < 1.29 is 0 Å². The normalized spacial score (nSPS) is 19.6. The Bertz CT molecular complexity index is 569. The van der Waals surface area contributed by atoms with Gasteiger partial charge in [-0.15, -0.1) is 0 Å². The molecule has 2 aromatic heterocycles. The summed E-state index contributed by atoms with van der Waals surface area (Å²) in [6, 6.07) is 4.10. The Labute approximate surface area is 113 Å². The van der Waals surface area contributed by atoms with Crippen LogP contribution < -0.4 is 5.32 Å². The van der Waals surface area contributed by atoms with Crippen molar-refractivity contribution in [3.63, 3.8) is 0 Å². The molecule has 0 radical (unpaired) electrons. The molecule has 0 bridgehead atoms. The van der Waals surface area contributed by atoms with Crippen LogP contribution in [0, 0.1) is 6.92 Å². The molecule has 2 aromatic rings. The highest BCUT2D eigenvalue weighted by atomic mass is 15.3. The molecule has 1 unspecified atom stereocenters. The van der Waals surface area contributed by atoms with Gasteiger partial charge in [-0.2, -0.15) is 5.10 Å². The summed E-state index contributed by atoms with van der Waals surface area (Å²) in [6.45, 7) is 4.09. The van der Waals surface area contributed by atoms with Gasteiger partial charge >= 0.3 is 0 Å². The van der Waals surface area contributed by atoms with Gasteiger partial charge in [-0.3, -0.25) is 4.68 Å². The fourth-order valence-corrected chi connectivity index (χ4v) is 2.66. The van der Waals surface area contributed by atoms with Crippen LogP contribution in [0.4, 0.5) is 0 Å². The first kappa shape index (κ1) is 12.3. The topological polar surface area (TPSA) is 55.6 Å². The highest BCUT2D eigenvalue weighted by Crippen LogP contribution is 2.25. The maximum Gasteiger partial charge on any atom is 0.126 e. The number of aryl methyl sites for hydroxylation is 2. The van der Waals surface area contributed by atoms with Gasteiger partial charge in [-0.1, -0.05) is 0 Å². The molecule has 1 aliphatic heterocycles. The highest BCUT2D eigenvalue weighted by molar-refractivity contribution is 5.54. The Morgan fingerprint density at radius 2 is 2.26 bits per heavy atom. The van der Waals surface area contributed by atoms with Crippen LogP contribution in [0.3, 0.4) is 0 Å². The van der Waals surface area contributed by atoms with Crippen LogP contribution in [0.1, 0.15) is 30.3 Å². The summed E-state index contributed by atoms with van der Waals surface area (Å²) >= 11 is 0. The summed E-state index contributed by atoms with van der Waals surface area (Å²) < 4.78 is 1.85. The van der Waals surface area contributed by atoms with E-state index in [1.54, 1.807) is 6.20 Å². The first-order valence-electron chi connectivity index (χ1n) is 6.79. The van der Waals surface area contributed by atoms with Crippen LogP contribution in [-0.4, -0.2) is 32.8 Å². The molecule has 19 heavy (non-hydrogen) atoms. The van der Waals surface area contributed by atoms with Gasteiger partial charge in [0.2, 0.25) is 0 Å². The zero-order valence-electron chi connectivity index (χ0n) is 11.4. The molecule has 5 nitrogen and oxygen atoms in total. The van der Waals surface area contributed by atoms with Crippen LogP contribution in [0.15, 0.2) is 18.3 Å². The highest BCUT2D eigenvalue weighted by Gasteiger charge is 2.18. The molecule has 3 heterocycles. The van der Waals surface area contributed by atoms with Gasteiger partial charge in [0, 0.05) is 31.4 Å². The number of hydrogen-bond acceptors (Lipinski definition) is 4. The Hall–Kier alpha value is -1.75. The molecule has 1 atom stereocenters. The van der Waals surface area contributed by atoms with Crippen molar-refractivity contribution in [2.24, 2.45) is 7.05 Å². The zero-order valence-corrected chi connectivity index (χ0v) is 11.4. The van der Waals surface area contributed by atoms with Gasteiger partial charge in [0.05, 0.1) is 11.4 Å². The number of nitrogens with one attached hydrogen (secondary N) is 1. The summed E-state index contributed by atoms with van der Waals surface area (Å²) in [6.07, 6.45) is 4.22. The van der Waals surface area contributed by atoms with E-state index < -0.39 is 0 Å². The Balaban J connectivity index is 1.98. The molecule has 100 valence electrons. The van der Waals surface area contributed by atoms with Gasteiger partial charge in [-0.05, 0) is 38.4 Å².